The summed E-state index contributed by atoms with van der Waals surface area (Å²) in [6.07, 6.45) is 3.74. The van der Waals surface area contributed by atoms with Crippen molar-refractivity contribution < 1.29 is 56.5 Å². The second kappa shape index (κ2) is 20.0. The first-order valence-corrected chi connectivity index (χ1v) is 12.1. The molecule has 0 aliphatic rings. The molecule has 2 aromatic carbocycles. The van der Waals surface area contributed by atoms with Crippen LogP contribution in [0.25, 0.3) is 22.5 Å². The van der Waals surface area contributed by atoms with Crippen LogP contribution < -0.4 is 0 Å². The Morgan fingerprint density at radius 1 is 0.692 bits per heavy atom. The Balaban J connectivity index is 0. The van der Waals surface area contributed by atoms with Crippen molar-refractivity contribution in [3.63, 3.8) is 0 Å². The fraction of sp³-hybridized carbons (Fsp3) is 0.185. The van der Waals surface area contributed by atoms with Crippen molar-refractivity contribution in [3.8, 4) is 22.5 Å². The van der Waals surface area contributed by atoms with Gasteiger partial charge in [0, 0.05) is 46.7 Å². The molecule has 0 aliphatic carbocycles. The van der Waals surface area contributed by atoms with Crippen LogP contribution in [-0.4, -0.2) is 52.9 Å². The minimum atomic E-state index is -5.84. The third kappa shape index (κ3) is 15.3. The Morgan fingerprint density at radius 3 is 1.23 bits per heavy atom. The number of aliphatic hydroxyl groups excluding tert-OH is 2. The minimum absolute atomic E-state index is 0. The molecule has 0 saturated heterocycles. The number of halogens is 3. The Kier molecular flexibility index (Phi) is 19.6. The molecule has 2 aromatic heterocycles. The van der Waals surface area contributed by atoms with Crippen molar-refractivity contribution in [2.75, 3.05) is 14.2 Å². The summed E-state index contributed by atoms with van der Waals surface area (Å²) in [6, 6.07) is 30.2. The number of alkyl halides is 3. The molecule has 0 atom stereocenters. The first kappa shape index (κ1) is 38.2. The fourth-order valence-corrected chi connectivity index (χ4v) is 2.36. The maximum atomic E-state index is 10.7. The summed E-state index contributed by atoms with van der Waals surface area (Å²) in [6.45, 7) is 4.07. The van der Waals surface area contributed by atoms with Gasteiger partial charge in [-0.1, -0.05) is 24.3 Å². The van der Waals surface area contributed by atoms with E-state index in [2.05, 4.69) is 34.2 Å². The number of nitrogens with zero attached hydrogens (tertiary/aromatic N) is 2. The summed E-state index contributed by atoms with van der Waals surface area (Å²) in [7, 11) is -3.84. The molecule has 12 heteroatoms. The minimum Gasteiger partial charge on any atom is -0.400 e. The van der Waals surface area contributed by atoms with Crippen molar-refractivity contribution >= 4 is 10.1 Å². The van der Waals surface area contributed by atoms with Crippen LogP contribution in [0.4, 0.5) is 13.2 Å². The Labute approximate surface area is 240 Å². The second-order valence-corrected chi connectivity index (χ2v) is 8.33. The van der Waals surface area contributed by atoms with Crippen LogP contribution in [0.5, 0.6) is 0 Å². The maximum absolute atomic E-state index is 10.7. The molecule has 1 radical (unpaired) electrons. The van der Waals surface area contributed by atoms with Gasteiger partial charge in [-0.05, 0) is 36.4 Å². The van der Waals surface area contributed by atoms with Gasteiger partial charge in [0.25, 0.3) is 0 Å². The van der Waals surface area contributed by atoms with Gasteiger partial charge in [0.1, 0.15) is 0 Å². The third-order valence-electron chi connectivity index (χ3n) is 4.09. The first-order valence-electron chi connectivity index (χ1n) is 10.7. The number of aliphatic hydroxyl groups is 2. The summed E-state index contributed by atoms with van der Waals surface area (Å²) in [4.78, 5) is 8.63. The van der Waals surface area contributed by atoms with E-state index in [1.54, 1.807) is 0 Å². The third-order valence-corrected chi connectivity index (χ3v) is 4.67. The van der Waals surface area contributed by atoms with Gasteiger partial charge in [-0.15, -0.1) is 71.8 Å². The van der Waals surface area contributed by atoms with Gasteiger partial charge < -0.3 is 20.2 Å². The molecule has 39 heavy (non-hydrogen) atoms. The molecule has 2 heterocycles. The number of hydrogen-bond acceptors (Lipinski definition) is 6. The predicted molar refractivity (Wildman–Crippen MR) is 140 cm³/mol. The van der Waals surface area contributed by atoms with E-state index in [-0.39, 0.29) is 20.1 Å². The molecule has 4 aromatic rings. The van der Waals surface area contributed by atoms with E-state index in [0.29, 0.717) is 0 Å². The Bertz CT molecular complexity index is 1180. The molecule has 0 saturated carbocycles. The maximum Gasteiger partial charge on any atom is 0.522 e. The molecular weight excluding hydrogens is 714 g/mol. The molecule has 0 spiro atoms. The van der Waals surface area contributed by atoms with Crippen LogP contribution in [0.15, 0.2) is 85.2 Å². The van der Waals surface area contributed by atoms with Gasteiger partial charge >= 0.3 is 15.6 Å². The van der Waals surface area contributed by atoms with Crippen molar-refractivity contribution in [2.45, 2.75) is 19.4 Å². The molecule has 7 nitrogen and oxygen atoms in total. The first-order chi connectivity index (χ1) is 18.0. The van der Waals surface area contributed by atoms with Gasteiger partial charge in [0.05, 0.1) is 0 Å². The number of benzene rings is 2. The summed E-state index contributed by atoms with van der Waals surface area (Å²) in [5.41, 5.74) is 0.870. The number of pyridine rings is 2. The molecule has 0 amide bonds. The van der Waals surface area contributed by atoms with Gasteiger partial charge in [-0.3, -0.25) is 4.55 Å². The average Bonchev–Trinajstić information content (AvgIpc) is 2.92. The zero-order valence-electron chi connectivity index (χ0n) is 21.5. The van der Waals surface area contributed by atoms with Crippen molar-refractivity contribution in [3.05, 3.63) is 108 Å². The van der Waals surface area contributed by atoms with Crippen LogP contribution in [0, 0.1) is 26.0 Å². The van der Waals surface area contributed by atoms with Gasteiger partial charge in [-0.2, -0.15) is 21.6 Å². The van der Waals surface area contributed by atoms with E-state index < -0.39 is 15.6 Å². The van der Waals surface area contributed by atoms with Crippen LogP contribution in [0.2, 0.25) is 0 Å². The van der Waals surface area contributed by atoms with Crippen molar-refractivity contribution in [1.29, 1.82) is 0 Å². The van der Waals surface area contributed by atoms with Crippen molar-refractivity contribution in [2.24, 2.45) is 0 Å². The van der Waals surface area contributed by atoms with Crippen LogP contribution >= 0.6 is 0 Å². The molecule has 0 fully saturated rings. The van der Waals surface area contributed by atoms with Gasteiger partial charge in [0.15, 0.2) is 0 Å². The van der Waals surface area contributed by atoms with E-state index in [9.17, 15) is 13.2 Å². The zero-order valence-corrected chi connectivity index (χ0v) is 24.7. The van der Waals surface area contributed by atoms with Gasteiger partial charge in [0.2, 0.25) is 0 Å². The van der Waals surface area contributed by atoms with Gasteiger partial charge in [-0.25, -0.2) is 0 Å². The van der Waals surface area contributed by atoms with E-state index in [4.69, 9.17) is 23.2 Å². The number of hydrogen-bond donors (Lipinski definition) is 3. The Morgan fingerprint density at radius 2 is 1.03 bits per heavy atom. The Hall–Kier alpha value is -2.99. The van der Waals surface area contributed by atoms with E-state index in [1.165, 1.54) is 11.1 Å². The zero-order chi connectivity index (χ0) is 29.2. The predicted octanol–water partition coefficient (Wildman–Crippen LogP) is 5.32. The molecule has 0 unspecified atom stereocenters. The summed E-state index contributed by atoms with van der Waals surface area (Å²) in [5, 5.41) is 14.0. The van der Waals surface area contributed by atoms with Crippen molar-refractivity contribution in [1.82, 2.24) is 9.97 Å². The monoisotopic (exact) mass is 743 g/mol. The van der Waals surface area contributed by atoms with E-state index >= 15 is 0 Å². The molecule has 0 bridgehead atoms. The molecule has 215 valence electrons. The largest absolute Gasteiger partial charge is 0.522 e. The quantitative estimate of drug-likeness (QED) is 0.145. The molecular formula is C27H29F3IrN2O5S-2. The second-order valence-electron chi connectivity index (χ2n) is 6.91. The smallest absolute Gasteiger partial charge is 0.400 e. The SMILES string of the molecule is CO.CO.Cc1ccc(-c2[c-]cccc2)nc1.Cc1ccc(-c2[c-]cccc2)nc1.O=S(=O)(O)C(F)(F)F.[Ir]. The van der Waals surface area contributed by atoms with E-state index in [0.717, 1.165) is 36.7 Å². The average molecular weight is 743 g/mol. The standard InChI is InChI=1S/2C12H10N.CHF3O3S.2CH4O.Ir/c2*1-10-7-8-12(13-9-10)11-5-3-2-4-6-11;2-1(3,4)8(5,6)7;2*1-2;/h2*2-5,7-9H,1H3;(H,5,6,7);2*2H,1H3;/q2*-1;;;;. The number of aromatic nitrogens is 2. The fourth-order valence-electron chi connectivity index (χ4n) is 2.36. The summed E-state index contributed by atoms with van der Waals surface area (Å²) < 4.78 is 57.5. The number of aryl methyl sites for hydroxylation is 2. The molecule has 0 aliphatic heterocycles. The summed E-state index contributed by atoms with van der Waals surface area (Å²) >= 11 is 0. The number of rotatable bonds is 2. The molecule has 4 rings (SSSR count). The van der Waals surface area contributed by atoms with Crippen LogP contribution in [0.3, 0.4) is 0 Å². The molecule has 3 N–H and O–H groups in total. The van der Waals surface area contributed by atoms with Crippen LogP contribution in [-0.2, 0) is 30.2 Å². The summed E-state index contributed by atoms with van der Waals surface area (Å²) in [5.74, 6) is 0. The van der Waals surface area contributed by atoms with E-state index in [1.807, 2.05) is 86.9 Å². The van der Waals surface area contributed by atoms with Crippen LogP contribution in [0.1, 0.15) is 11.1 Å². The topological polar surface area (TPSA) is 121 Å². The normalized spacial score (nSPS) is 9.79.